The smallest absolute Gasteiger partial charge is 0.113 e. The van der Waals surface area contributed by atoms with Gasteiger partial charge in [0, 0.05) is 6.42 Å². The summed E-state index contributed by atoms with van der Waals surface area (Å²) in [4.78, 5) is 4.58. The Morgan fingerprint density at radius 2 is 2.05 bits per heavy atom. The maximum Gasteiger partial charge on any atom is 0.113 e. The molecule has 0 aliphatic carbocycles. The van der Waals surface area contributed by atoms with Gasteiger partial charge in [-0.25, -0.2) is 4.98 Å². The minimum Gasteiger partial charge on any atom is -0.390 e. The molecule has 0 atom stereocenters. The first-order valence-electron chi connectivity index (χ1n) is 6.61. The van der Waals surface area contributed by atoms with Crippen molar-refractivity contribution in [3.05, 3.63) is 46.5 Å². The van der Waals surface area contributed by atoms with Crippen LogP contribution in [0.4, 0.5) is 0 Å². The van der Waals surface area contributed by atoms with Crippen LogP contribution in [0.15, 0.2) is 24.3 Å². The molecule has 0 fully saturated rings. The molecule has 0 amide bonds. The van der Waals surface area contributed by atoms with Crippen LogP contribution in [-0.4, -0.2) is 14.7 Å². The number of aliphatic hydroxyl groups excluding tert-OH is 1. The Hall–Kier alpha value is -1.32. The van der Waals surface area contributed by atoms with E-state index in [2.05, 4.69) is 11.9 Å². The second-order valence-corrected chi connectivity index (χ2v) is 5.02. The summed E-state index contributed by atoms with van der Waals surface area (Å²) in [5.74, 6) is 0.969. The Bertz CT molecular complexity index is 563. The summed E-state index contributed by atoms with van der Waals surface area (Å²) in [5, 5.41) is 10.3. The standard InChI is InChI=1S/C15H19ClN2O/c1-3-4-9-15-17-11(2)14(10-19)18(15)13-8-6-5-7-12(13)16/h5-8,19H,3-4,9-10H2,1-2H3. The lowest BCUT2D eigenvalue weighted by molar-refractivity contribution is 0.273. The maximum atomic E-state index is 9.59. The number of nitrogens with zero attached hydrogens (tertiary/aromatic N) is 2. The second kappa shape index (κ2) is 6.22. The first-order chi connectivity index (χ1) is 9.19. The molecule has 1 heterocycles. The monoisotopic (exact) mass is 278 g/mol. The van der Waals surface area contributed by atoms with Crippen LogP contribution in [0, 0.1) is 6.92 Å². The Kier molecular flexibility index (Phi) is 4.61. The van der Waals surface area contributed by atoms with E-state index in [0.29, 0.717) is 5.02 Å². The minimum absolute atomic E-state index is 0.0316. The number of hydrogen-bond donors (Lipinski definition) is 1. The number of aryl methyl sites for hydroxylation is 2. The molecular formula is C15H19ClN2O. The molecule has 0 radical (unpaired) electrons. The van der Waals surface area contributed by atoms with Gasteiger partial charge >= 0.3 is 0 Å². The summed E-state index contributed by atoms with van der Waals surface area (Å²) in [6.07, 6.45) is 3.08. The Labute approximate surface area is 118 Å². The number of benzene rings is 1. The molecule has 0 saturated carbocycles. The maximum absolute atomic E-state index is 9.59. The summed E-state index contributed by atoms with van der Waals surface area (Å²) in [5.41, 5.74) is 2.58. The summed E-state index contributed by atoms with van der Waals surface area (Å²) < 4.78 is 1.99. The highest BCUT2D eigenvalue weighted by atomic mass is 35.5. The molecule has 0 spiro atoms. The van der Waals surface area contributed by atoms with Gasteiger partial charge in [-0.1, -0.05) is 37.1 Å². The van der Waals surface area contributed by atoms with Crippen molar-refractivity contribution in [2.24, 2.45) is 0 Å². The number of unbranched alkanes of at least 4 members (excludes halogenated alkanes) is 1. The molecule has 2 aromatic rings. The summed E-state index contributed by atoms with van der Waals surface area (Å²) in [7, 11) is 0. The first-order valence-corrected chi connectivity index (χ1v) is 6.99. The van der Waals surface area contributed by atoms with Crippen LogP contribution >= 0.6 is 11.6 Å². The lowest BCUT2D eigenvalue weighted by Gasteiger charge is -2.12. The largest absolute Gasteiger partial charge is 0.390 e. The van der Waals surface area contributed by atoms with E-state index in [9.17, 15) is 5.11 Å². The van der Waals surface area contributed by atoms with Crippen molar-refractivity contribution < 1.29 is 5.11 Å². The molecule has 3 nitrogen and oxygen atoms in total. The molecular weight excluding hydrogens is 260 g/mol. The Morgan fingerprint density at radius 3 is 2.68 bits per heavy atom. The number of aromatic nitrogens is 2. The van der Waals surface area contributed by atoms with Crippen LogP contribution in [-0.2, 0) is 13.0 Å². The molecule has 0 aliphatic rings. The minimum atomic E-state index is -0.0316. The number of rotatable bonds is 5. The number of halogens is 1. The molecule has 2 rings (SSSR count). The van der Waals surface area contributed by atoms with Crippen molar-refractivity contribution in [3.63, 3.8) is 0 Å². The zero-order chi connectivity index (χ0) is 13.8. The van der Waals surface area contributed by atoms with Crippen LogP contribution in [0.25, 0.3) is 5.69 Å². The van der Waals surface area contributed by atoms with E-state index in [1.807, 2.05) is 35.8 Å². The quantitative estimate of drug-likeness (QED) is 0.906. The van der Waals surface area contributed by atoms with Gasteiger partial charge in [-0.15, -0.1) is 0 Å². The number of para-hydroxylation sites is 1. The van der Waals surface area contributed by atoms with Gasteiger partial charge in [0.25, 0.3) is 0 Å². The predicted molar refractivity (Wildman–Crippen MR) is 77.8 cm³/mol. The van der Waals surface area contributed by atoms with Crippen molar-refractivity contribution >= 4 is 11.6 Å². The summed E-state index contributed by atoms with van der Waals surface area (Å²) >= 11 is 6.27. The van der Waals surface area contributed by atoms with E-state index in [1.165, 1.54) is 0 Å². The number of aliphatic hydroxyl groups is 1. The highest BCUT2D eigenvalue weighted by molar-refractivity contribution is 6.32. The average molecular weight is 279 g/mol. The average Bonchev–Trinajstić information content (AvgIpc) is 2.72. The lowest BCUT2D eigenvalue weighted by atomic mass is 10.2. The highest BCUT2D eigenvalue weighted by Gasteiger charge is 2.16. The third-order valence-corrected chi connectivity index (χ3v) is 3.56. The van der Waals surface area contributed by atoms with Gasteiger partial charge in [0.05, 0.1) is 28.7 Å². The molecule has 1 aromatic heterocycles. The number of imidazole rings is 1. The predicted octanol–water partition coefficient (Wildman–Crippen LogP) is 3.67. The normalized spacial score (nSPS) is 10.9. The lowest BCUT2D eigenvalue weighted by Crippen LogP contribution is -2.06. The highest BCUT2D eigenvalue weighted by Crippen LogP contribution is 2.25. The molecule has 0 bridgehead atoms. The number of hydrogen-bond acceptors (Lipinski definition) is 2. The van der Waals surface area contributed by atoms with Crippen molar-refractivity contribution in [2.75, 3.05) is 0 Å². The Balaban J connectivity index is 2.56. The molecule has 1 N–H and O–H groups in total. The van der Waals surface area contributed by atoms with E-state index >= 15 is 0 Å². The van der Waals surface area contributed by atoms with Crippen LogP contribution in [0.1, 0.15) is 37.0 Å². The van der Waals surface area contributed by atoms with Crippen LogP contribution in [0.2, 0.25) is 5.02 Å². The SMILES string of the molecule is CCCCc1nc(C)c(CO)n1-c1ccccc1Cl. The molecule has 0 unspecified atom stereocenters. The molecule has 1 aromatic carbocycles. The molecule has 19 heavy (non-hydrogen) atoms. The van der Waals surface area contributed by atoms with E-state index in [-0.39, 0.29) is 6.61 Å². The van der Waals surface area contributed by atoms with Crippen molar-refractivity contribution in [2.45, 2.75) is 39.7 Å². The fraction of sp³-hybridized carbons (Fsp3) is 0.400. The van der Waals surface area contributed by atoms with Crippen molar-refractivity contribution in [1.82, 2.24) is 9.55 Å². The van der Waals surface area contributed by atoms with Crippen molar-refractivity contribution in [3.8, 4) is 5.69 Å². The van der Waals surface area contributed by atoms with Crippen molar-refractivity contribution in [1.29, 1.82) is 0 Å². The third kappa shape index (κ3) is 2.82. The van der Waals surface area contributed by atoms with Gasteiger partial charge in [-0.2, -0.15) is 0 Å². The van der Waals surface area contributed by atoms with Crippen LogP contribution < -0.4 is 0 Å². The fourth-order valence-electron chi connectivity index (χ4n) is 2.23. The third-order valence-electron chi connectivity index (χ3n) is 3.24. The van der Waals surface area contributed by atoms with Gasteiger partial charge in [0.1, 0.15) is 5.82 Å². The van der Waals surface area contributed by atoms with Gasteiger partial charge < -0.3 is 5.11 Å². The Morgan fingerprint density at radius 1 is 1.32 bits per heavy atom. The fourth-order valence-corrected chi connectivity index (χ4v) is 2.45. The van der Waals surface area contributed by atoms with Gasteiger partial charge in [-0.3, -0.25) is 4.57 Å². The van der Waals surface area contributed by atoms with E-state index in [4.69, 9.17) is 11.6 Å². The van der Waals surface area contributed by atoms with E-state index in [1.54, 1.807) is 0 Å². The summed E-state index contributed by atoms with van der Waals surface area (Å²) in [6.45, 7) is 4.05. The molecule has 0 aliphatic heterocycles. The second-order valence-electron chi connectivity index (χ2n) is 4.61. The first kappa shape index (κ1) is 14.1. The van der Waals surface area contributed by atoms with E-state index in [0.717, 1.165) is 42.2 Å². The van der Waals surface area contributed by atoms with Crippen LogP contribution in [0.5, 0.6) is 0 Å². The topological polar surface area (TPSA) is 38.1 Å². The van der Waals surface area contributed by atoms with Gasteiger partial charge in [0.15, 0.2) is 0 Å². The molecule has 0 saturated heterocycles. The summed E-state index contributed by atoms with van der Waals surface area (Å²) in [6, 6.07) is 7.66. The zero-order valence-electron chi connectivity index (χ0n) is 11.4. The van der Waals surface area contributed by atoms with Gasteiger partial charge in [0.2, 0.25) is 0 Å². The molecule has 4 heteroatoms. The van der Waals surface area contributed by atoms with Crippen LogP contribution in [0.3, 0.4) is 0 Å². The van der Waals surface area contributed by atoms with Gasteiger partial charge in [-0.05, 0) is 25.5 Å². The van der Waals surface area contributed by atoms with E-state index < -0.39 is 0 Å². The molecule has 102 valence electrons. The zero-order valence-corrected chi connectivity index (χ0v) is 12.1.